The predicted molar refractivity (Wildman–Crippen MR) is 40.7 cm³/mol. The Balaban J connectivity index is 3.49. The standard InChI is InChI=1S/C7H2BrF5O/c8-4-5(10)3(9)1-2(6(4)14)7(11,12)13/h1,14H. The number of hydrogen-bond donors (Lipinski definition) is 1. The first-order chi connectivity index (χ1) is 6.25. The lowest BCUT2D eigenvalue weighted by Crippen LogP contribution is -2.07. The molecule has 0 heterocycles. The van der Waals surface area contributed by atoms with Crippen LogP contribution in [0.25, 0.3) is 0 Å². The molecule has 1 aromatic rings. The molecule has 1 aromatic carbocycles. The summed E-state index contributed by atoms with van der Waals surface area (Å²) in [5.41, 5.74) is -1.62. The molecule has 0 saturated carbocycles. The first-order valence-corrected chi connectivity index (χ1v) is 3.98. The Hall–Kier alpha value is -0.850. The fourth-order valence-corrected chi connectivity index (χ4v) is 1.20. The van der Waals surface area contributed by atoms with Gasteiger partial charge in [-0.15, -0.1) is 0 Å². The van der Waals surface area contributed by atoms with E-state index in [-0.39, 0.29) is 6.07 Å². The summed E-state index contributed by atoms with van der Waals surface area (Å²) >= 11 is 2.31. The monoisotopic (exact) mass is 276 g/mol. The molecule has 1 nitrogen and oxygen atoms in total. The molecule has 0 unspecified atom stereocenters. The number of benzene rings is 1. The summed E-state index contributed by atoms with van der Waals surface area (Å²) < 4.78 is 60.4. The Morgan fingerprint density at radius 3 is 2.14 bits per heavy atom. The molecular formula is C7H2BrF5O. The third-order valence-corrected chi connectivity index (χ3v) is 2.17. The lowest BCUT2D eigenvalue weighted by molar-refractivity contribution is -0.139. The molecule has 0 bridgehead atoms. The zero-order valence-corrected chi connectivity index (χ0v) is 7.88. The van der Waals surface area contributed by atoms with Crippen molar-refractivity contribution in [1.29, 1.82) is 0 Å². The summed E-state index contributed by atoms with van der Waals surface area (Å²) in [6, 6.07) is -0.102. The molecule has 0 fully saturated rings. The highest BCUT2D eigenvalue weighted by Gasteiger charge is 2.36. The van der Waals surface area contributed by atoms with Gasteiger partial charge in [0, 0.05) is 0 Å². The van der Waals surface area contributed by atoms with Crippen LogP contribution in [0.2, 0.25) is 0 Å². The van der Waals surface area contributed by atoms with Gasteiger partial charge in [0.25, 0.3) is 0 Å². The first kappa shape index (κ1) is 11.2. The molecule has 0 saturated heterocycles. The van der Waals surface area contributed by atoms with Crippen LogP contribution in [0, 0.1) is 11.6 Å². The van der Waals surface area contributed by atoms with Crippen LogP contribution in [0.15, 0.2) is 10.5 Å². The maximum Gasteiger partial charge on any atom is 0.420 e. The van der Waals surface area contributed by atoms with E-state index in [2.05, 4.69) is 15.9 Å². The molecule has 0 amide bonds. The molecule has 7 heteroatoms. The van der Waals surface area contributed by atoms with E-state index in [4.69, 9.17) is 5.11 Å². The van der Waals surface area contributed by atoms with Gasteiger partial charge in [-0.1, -0.05) is 0 Å². The third-order valence-electron chi connectivity index (χ3n) is 1.44. The SMILES string of the molecule is Oc1c(C(F)(F)F)cc(F)c(F)c1Br. The fourth-order valence-electron chi connectivity index (χ4n) is 0.802. The van der Waals surface area contributed by atoms with Gasteiger partial charge in [-0.05, 0) is 22.0 Å². The van der Waals surface area contributed by atoms with E-state index in [9.17, 15) is 22.0 Å². The second-order valence-electron chi connectivity index (χ2n) is 2.38. The van der Waals surface area contributed by atoms with Crippen LogP contribution in [0.3, 0.4) is 0 Å². The van der Waals surface area contributed by atoms with Crippen LogP contribution in [-0.4, -0.2) is 5.11 Å². The lowest BCUT2D eigenvalue weighted by atomic mass is 10.2. The highest BCUT2D eigenvalue weighted by atomic mass is 79.9. The van der Waals surface area contributed by atoms with Crippen LogP contribution in [0.4, 0.5) is 22.0 Å². The summed E-state index contributed by atoms with van der Waals surface area (Å²) in [6.45, 7) is 0. The smallest absolute Gasteiger partial charge is 0.420 e. The minimum absolute atomic E-state index is 0.102. The van der Waals surface area contributed by atoms with Gasteiger partial charge in [0.05, 0.1) is 4.47 Å². The van der Waals surface area contributed by atoms with E-state index in [1.165, 1.54) is 0 Å². The van der Waals surface area contributed by atoms with E-state index >= 15 is 0 Å². The summed E-state index contributed by atoms with van der Waals surface area (Å²) in [5.74, 6) is -4.60. The Kier molecular flexibility index (Phi) is 2.71. The van der Waals surface area contributed by atoms with Crippen LogP contribution < -0.4 is 0 Å². The third kappa shape index (κ3) is 1.82. The molecule has 0 aliphatic heterocycles. The van der Waals surface area contributed by atoms with Crippen molar-refractivity contribution in [2.24, 2.45) is 0 Å². The summed E-state index contributed by atoms with van der Waals surface area (Å²) in [5, 5.41) is 8.86. The van der Waals surface area contributed by atoms with Gasteiger partial charge in [0.1, 0.15) is 11.3 Å². The number of rotatable bonds is 0. The molecule has 0 atom stereocenters. The normalized spacial score (nSPS) is 11.9. The molecule has 14 heavy (non-hydrogen) atoms. The van der Waals surface area contributed by atoms with E-state index in [1.54, 1.807) is 0 Å². The minimum Gasteiger partial charge on any atom is -0.506 e. The van der Waals surface area contributed by atoms with Crippen molar-refractivity contribution in [1.82, 2.24) is 0 Å². The Labute approximate surface area is 83.3 Å². The topological polar surface area (TPSA) is 20.2 Å². The zero-order valence-electron chi connectivity index (χ0n) is 6.29. The quantitative estimate of drug-likeness (QED) is 0.568. The molecule has 78 valence electrons. The Morgan fingerprint density at radius 2 is 1.71 bits per heavy atom. The van der Waals surface area contributed by atoms with E-state index in [0.717, 1.165) is 0 Å². The highest BCUT2D eigenvalue weighted by Crippen LogP contribution is 2.41. The first-order valence-electron chi connectivity index (χ1n) is 3.18. The number of phenolic OH excluding ortho intramolecular Hbond substituents is 1. The maximum absolute atomic E-state index is 12.6. The average Bonchev–Trinajstić information content (AvgIpc) is 2.06. The van der Waals surface area contributed by atoms with Crippen molar-refractivity contribution in [2.75, 3.05) is 0 Å². The van der Waals surface area contributed by atoms with Crippen LogP contribution >= 0.6 is 15.9 Å². The fraction of sp³-hybridized carbons (Fsp3) is 0.143. The number of phenols is 1. The lowest BCUT2D eigenvalue weighted by Gasteiger charge is -2.10. The summed E-state index contributed by atoms with van der Waals surface area (Å²) in [4.78, 5) is 0. The second-order valence-corrected chi connectivity index (χ2v) is 3.17. The van der Waals surface area contributed by atoms with Crippen molar-refractivity contribution < 1.29 is 27.1 Å². The van der Waals surface area contributed by atoms with E-state index in [1.807, 2.05) is 0 Å². The van der Waals surface area contributed by atoms with Gasteiger partial charge in [-0.25, -0.2) is 8.78 Å². The number of hydrogen-bond acceptors (Lipinski definition) is 1. The molecule has 1 N–H and O–H groups in total. The predicted octanol–water partition coefficient (Wildman–Crippen LogP) is 3.45. The summed E-state index contributed by atoms with van der Waals surface area (Å²) in [6.07, 6.45) is -4.93. The number of halogens is 6. The van der Waals surface area contributed by atoms with E-state index in [0.29, 0.717) is 0 Å². The van der Waals surface area contributed by atoms with Gasteiger partial charge in [-0.3, -0.25) is 0 Å². The minimum atomic E-state index is -4.93. The highest BCUT2D eigenvalue weighted by molar-refractivity contribution is 9.10. The van der Waals surface area contributed by atoms with Crippen molar-refractivity contribution in [3.63, 3.8) is 0 Å². The van der Waals surface area contributed by atoms with Gasteiger partial charge in [0.2, 0.25) is 0 Å². The van der Waals surface area contributed by atoms with E-state index < -0.39 is 33.6 Å². The van der Waals surface area contributed by atoms with Gasteiger partial charge >= 0.3 is 6.18 Å². The van der Waals surface area contributed by atoms with Gasteiger partial charge in [0.15, 0.2) is 11.6 Å². The molecule has 0 spiro atoms. The van der Waals surface area contributed by atoms with Crippen molar-refractivity contribution in [2.45, 2.75) is 6.18 Å². The van der Waals surface area contributed by atoms with Crippen molar-refractivity contribution >= 4 is 15.9 Å². The average molecular weight is 277 g/mol. The van der Waals surface area contributed by atoms with Crippen LogP contribution in [0.5, 0.6) is 5.75 Å². The number of aromatic hydroxyl groups is 1. The summed E-state index contributed by atoms with van der Waals surface area (Å²) in [7, 11) is 0. The molecule has 0 aliphatic rings. The zero-order chi connectivity index (χ0) is 11.1. The Morgan fingerprint density at radius 1 is 1.21 bits per heavy atom. The molecule has 1 rings (SSSR count). The molecule has 0 aliphatic carbocycles. The maximum atomic E-state index is 12.6. The van der Waals surface area contributed by atoms with Gasteiger partial charge < -0.3 is 5.11 Å². The van der Waals surface area contributed by atoms with Crippen molar-refractivity contribution in [3.05, 3.63) is 27.7 Å². The largest absolute Gasteiger partial charge is 0.506 e. The Bertz CT molecular complexity index is 373. The molecule has 0 aromatic heterocycles. The molecule has 0 radical (unpaired) electrons. The second kappa shape index (κ2) is 3.38. The number of alkyl halides is 3. The van der Waals surface area contributed by atoms with Crippen LogP contribution in [-0.2, 0) is 6.18 Å². The van der Waals surface area contributed by atoms with Crippen molar-refractivity contribution in [3.8, 4) is 5.75 Å². The van der Waals surface area contributed by atoms with Gasteiger partial charge in [-0.2, -0.15) is 13.2 Å². The van der Waals surface area contributed by atoms with Crippen LogP contribution in [0.1, 0.15) is 5.56 Å². The molecular weight excluding hydrogens is 275 g/mol.